The molecule has 0 fully saturated rings. The summed E-state index contributed by atoms with van der Waals surface area (Å²) in [6, 6.07) is 16.8. The van der Waals surface area contributed by atoms with Gasteiger partial charge < -0.3 is 4.98 Å². The first-order valence-corrected chi connectivity index (χ1v) is 3.85. The third kappa shape index (κ3) is 2.48. The third-order valence-corrected chi connectivity index (χ3v) is 1.65. The molecule has 0 aliphatic rings. The van der Waals surface area contributed by atoms with Crippen molar-refractivity contribution in [2.75, 3.05) is 0 Å². The monoisotopic (exact) mass is 260 g/mol. The average molecular weight is 261 g/mol. The van der Waals surface area contributed by atoms with Gasteiger partial charge in [-0.25, -0.2) is 0 Å². The van der Waals surface area contributed by atoms with Crippen LogP contribution >= 0.6 is 0 Å². The molecule has 0 spiro atoms. The van der Waals surface area contributed by atoms with Crippen molar-refractivity contribution < 1.29 is 20.4 Å². The summed E-state index contributed by atoms with van der Waals surface area (Å²) in [4.78, 5) is 4.22. The maximum atomic E-state index is 4.22. The molecule has 1 nitrogen and oxygen atoms in total. The molecular weight excluding hydrogens is 253 g/mol. The van der Waals surface area contributed by atoms with Gasteiger partial charge in [0, 0.05) is 26.6 Å². The summed E-state index contributed by atoms with van der Waals surface area (Å²) in [6.07, 6.45) is 1.79. The van der Waals surface area contributed by atoms with Crippen LogP contribution in [-0.2, 0) is 20.4 Å². The molecule has 2 heteroatoms. The summed E-state index contributed by atoms with van der Waals surface area (Å²) in [7, 11) is 0. The Bertz CT molecular complexity index is 307. The molecule has 0 aliphatic carbocycles. The van der Waals surface area contributed by atoms with E-state index in [-0.39, 0.29) is 20.4 Å². The molecule has 0 bridgehead atoms. The van der Waals surface area contributed by atoms with Crippen LogP contribution in [0.15, 0.2) is 48.7 Å². The molecule has 0 saturated heterocycles. The van der Waals surface area contributed by atoms with Gasteiger partial charge in [0.25, 0.3) is 0 Å². The van der Waals surface area contributed by atoms with E-state index in [0.717, 1.165) is 11.3 Å². The maximum absolute atomic E-state index is 4.22. The fourth-order valence-electron chi connectivity index (χ4n) is 1.07. The number of rotatable bonds is 1. The van der Waals surface area contributed by atoms with Crippen molar-refractivity contribution in [2.45, 2.75) is 0 Å². The standard InChI is InChI=1S/C11H8N.Pd/c1-2-6-10(7-3-1)11-8-4-5-9-12-11;/h1-6,8-9H;/q-1;. The Hall–Kier alpha value is -0.968. The van der Waals surface area contributed by atoms with Gasteiger partial charge in [-0.1, -0.05) is 12.1 Å². The minimum Gasteiger partial charge on any atom is -0.305 e. The molecule has 68 valence electrons. The van der Waals surface area contributed by atoms with Crippen LogP contribution in [0.3, 0.4) is 0 Å². The third-order valence-electron chi connectivity index (χ3n) is 1.65. The Labute approximate surface area is 91.5 Å². The number of aromatic nitrogens is 1. The van der Waals surface area contributed by atoms with Crippen LogP contribution < -0.4 is 0 Å². The molecule has 2 aromatic rings. The molecule has 0 radical (unpaired) electrons. The van der Waals surface area contributed by atoms with E-state index in [4.69, 9.17) is 0 Å². The van der Waals surface area contributed by atoms with Crippen LogP contribution in [0.4, 0.5) is 0 Å². The molecule has 0 N–H and O–H groups in total. The van der Waals surface area contributed by atoms with Gasteiger partial charge in [-0.3, -0.25) is 0 Å². The molecular formula is C11H8NPd-. The van der Waals surface area contributed by atoms with Gasteiger partial charge >= 0.3 is 0 Å². The van der Waals surface area contributed by atoms with Crippen molar-refractivity contribution in [3.05, 3.63) is 54.7 Å². The summed E-state index contributed by atoms with van der Waals surface area (Å²) in [5.74, 6) is 0. The second-order valence-corrected chi connectivity index (χ2v) is 2.49. The van der Waals surface area contributed by atoms with Gasteiger partial charge in [-0.15, -0.1) is 35.9 Å². The summed E-state index contributed by atoms with van der Waals surface area (Å²) < 4.78 is 0. The summed E-state index contributed by atoms with van der Waals surface area (Å²) in [6.45, 7) is 0. The van der Waals surface area contributed by atoms with Crippen molar-refractivity contribution in [2.24, 2.45) is 0 Å². The zero-order chi connectivity index (χ0) is 8.23. The van der Waals surface area contributed by atoms with E-state index in [2.05, 4.69) is 11.1 Å². The second kappa shape index (κ2) is 4.91. The van der Waals surface area contributed by atoms with Gasteiger partial charge in [0.15, 0.2) is 0 Å². The molecule has 0 amide bonds. The number of nitrogens with zero attached hydrogens (tertiary/aromatic N) is 1. The second-order valence-electron chi connectivity index (χ2n) is 2.49. The summed E-state index contributed by atoms with van der Waals surface area (Å²) in [5, 5.41) is 0. The van der Waals surface area contributed by atoms with Gasteiger partial charge in [0.1, 0.15) is 0 Å². The average Bonchev–Trinajstić information content (AvgIpc) is 2.21. The van der Waals surface area contributed by atoms with Crippen LogP contribution in [-0.4, -0.2) is 4.98 Å². The van der Waals surface area contributed by atoms with Gasteiger partial charge in [0.05, 0.1) is 0 Å². The molecule has 1 aromatic heterocycles. The van der Waals surface area contributed by atoms with Crippen molar-refractivity contribution in [1.82, 2.24) is 4.98 Å². The molecule has 0 aliphatic heterocycles. The van der Waals surface area contributed by atoms with E-state index in [1.54, 1.807) is 6.20 Å². The fraction of sp³-hybridized carbons (Fsp3) is 0. The maximum Gasteiger partial charge on any atom is 0.0160 e. The number of benzene rings is 1. The van der Waals surface area contributed by atoms with Gasteiger partial charge in [-0.2, -0.15) is 0 Å². The van der Waals surface area contributed by atoms with Gasteiger partial charge in [-0.05, 0) is 11.8 Å². The zero-order valence-corrected chi connectivity index (χ0v) is 8.44. The number of pyridine rings is 1. The van der Waals surface area contributed by atoms with Crippen molar-refractivity contribution in [3.63, 3.8) is 0 Å². The topological polar surface area (TPSA) is 12.9 Å². The Balaban J connectivity index is 0.000000845. The number of hydrogen-bond acceptors (Lipinski definition) is 1. The van der Waals surface area contributed by atoms with Crippen molar-refractivity contribution in [3.8, 4) is 11.3 Å². The number of hydrogen-bond donors (Lipinski definition) is 0. The van der Waals surface area contributed by atoms with Crippen molar-refractivity contribution >= 4 is 0 Å². The van der Waals surface area contributed by atoms with E-state index < -0.39 is 0 Å². The summed E-state index contributed by atoms with van der Waals surface area (Å²) >= 11 is 0. The van der Waals surface area contributed by atoms with E-state index in [0.29, 0.717) is 0 Å². The predicted octanol–water partition coefficient (Wildman–Crippen LogP) is 2.55. The zero-order valence-electron chi connectivity index (χ0n) is 6.88. The Morgan fingerprint density at radius 2 is 1.85 bits per heavy atom. The van der Waals surface area contributed by atoms with E-state index in [1.165, 1.54) is 0 Å². The quantitative estimate of drug-likeness (QED) is 0.567. The van der Waals surface area contributed by atoms with Crippen molar-refractivity contribution in [1.29, 1.82) is 0 Å². The van der Waals surface area contributed by atoms with Crippen LogP contribution in [0.1, 0.15) is 0 Å². The Kier molecular flexibility index (Phi) is 3.82. The van der Waals surface area contributed by atoms with Crippen LogP contribution in [0.25, 0.3) is 11.3 Å². The first kappa shape index (κ1) is 10.1. The van der Waals surface area contributed by atoms with Crippen LogP contribution in [0.2, 0.25) is 0 Å². The molecule has 0 atom stereocenters. The normalized spacial score (nSPS) is 8.92. The molecule has 1 heterocycles. The Morgan fingerprint density at radius 3 is 2.46 bits per heavy atom. The minimum atomic E-state index is 0. The van der Waals surface area contributed by atoms with Crippen LogP contribution in [0.5, 0.6) is 0 Å². The van der Waals surface area contributed by atoms with E-state index in [1.807, 2.05) is 42.5 Å². The molecule has 2 rings (SSSR count). The summed E-state index contributed by atoms with van der Waals surface area (Å²) in [5.41, 5.74) is 2.01. The first-order valence-electron chi connectivity index (χ1n) is 3.85. The van der Waals surface area contributed by atoms with Crippen LogP contribution in [0, 0.1) is 6.07 Å². The molecule has 0 saturated carbocycles. The smallest absolute Gasteiger partial charge is 0.0160 e. The Morgan fingerprint density at radius 1 is 1.00 bits per heavy atom. The fourth-order valence-corrected chi connectivity index (χ4v) is 1.07. The predicted molar refractivity (Wildman–Crippen MR) is 48.5 cm³/mol. The van der Waals surface area contributed by atoms with E-state index >= 15 is 0 Å². The molecule has 13 heavy (non-hydrogen) atoms. The molecule has 0 unspecified atom stereocenters. The first-order chi connectivity index (χ1) is 5.97. The minimum absolute atomic E-state index is 0. The largest absolute Gasteiger partial charge is 0.305 e. The van der Waals surface area contributed by atoms with Gasteiger partial charge in [0.2, 0.25) is 0 Å². The molecule has 1 aromatic carbocycles. The van der Waals surface area contributed by atoms with E-state index in [9.17, 15) is 0 Å². The SMILES string of the molecule is [Pd].[c-]1ccccc1-c1ccccn1.